The van der Waals surface area contributed by atoms with Crippen molar-refractivity contribution in [2.75, 3.05) is 13.1 Å². The summed E-state index contributed by atoms with van der Waals surface area (Å²) in [5.41, 5.74) is 12.2. The zero-order valence-electron chi connectivity index (χ0n) is 12.4. The van der Waals surface area contributed by atoms with Crippen LogP contribution in [0.4, 0.5) is 0 Å². The molecular weight excluding hydrogens is 250 g/mol. The van der Waals surface area contributed by atoms with E-state index in [0.717, 1.165) is 31.5 Å². The molecule has 3 unspecified atom stereocenters. The highest BCUT2D eigenvalue weighted by Crippen LogP contribution is 2.25. The molecular formula is C16H25N3O. The molecule has 20 heavy (non-hydrogen) atoms. The Hall–Kier alpha value is -1.39. The Kier molecular flexibility index (Phi) is 4.45. The number of nitrogens with zero attached hydrogens (tertiary/aromatic N) is 1. The van der Waals surface area contributed by atoms with Gasteiger partial charge in [0.15, 0.2) is 0 Å². The van der Waals surface area contributed by atoms with Crippen LogP contribution in [0.15, 0.2) is 30.3 Å². The SMILES string of the molecule is CC(N)C1CCCN(C(=O)C(C)(N)c2ccccc2)C1. The van der Waals surface area contributed by atoms with E-state index in [4.69, 9.17) is 11.5 Å². The van der Waals surface area contributed by atoms with Crippen molar-refractivity contribution in [2.24, 2.45) is 17.4 Å². The number of likely N-dealkylation sites (tertiary alicyclic amines) is 1. The molecule has 110 valence electrons. The minimum absolute atomic E-state index is 0.00551. The predicted octanol–water partition coefficient (Wildman–Crippen LogP) is 1.45. The van der Waals surface area contributed by atoms with Gasteiger partial charge in [-0.15, -0.1) is 0 Å². The standard InChI is InChI=1S/C16H25N3O/c1-12(17)13-7-6-10-19(11-13)15(20)16(2,18)14-8-4-3-5-9-14/h3-5,8-9,12-13H,6-7,10-11,17-18H2,1-2H3. The quantitative estimate of drug-likeness (QED) is 0.877. The van der Waals surface area contributed by atoms with Crippen LogP contribution in [0.1, 0.15) is 32.3 Å². The minimum atomic E-state index is -0.971. The molecule has 1 heterocycles. The number of rotatable bonds is 3. The van der Waals surface area contributed by atoms with Gasteiger partial charge < -0.3 is 16.4 Å². The lowest BCUT2D eigenvalue weighted by Crippen LogP contribution is -2.54. The molecule has 1 aromatic carbocycles. The molecule has 0 aliphatic carbocycles. The fourth-order valence-electron chi connectivity index (χ4n) is 2.86. The van der Waals surface area contributed by atoms with Crippen LogP contribution < -0.4 is 11.5 Å². The number of carbonyl (C=O) groups excluding carboxylic acids is 1. The highest BCUT2D eigenvalue weighted by molar-refractivity contribution is 5.87. The Morgan fingerprint density at radius 3 is 2.65 bits per heavy atom. The van der Waals surface area contributed by atoms with Gasteiger partial charge in [0.05, 0.1) is 0 Å². The minimum Gasteiger partial charge on any atom is -0.340 e. The first kappa shape index (κ1) is 15.0. The van der Waals surface area contributed by atoms with Gasteiger partial charge in [-0.25, -0.2) is 0 Å². The Balaban J connectivity index is 2.14. The average Bonchev–Trinajstić information content (AvgIpc) is 2.47. The summed E-state index contributed by atoms with van der Waals surface area (Å²) >= 11 is 0. The van der Waals surface area contributed by atoms with Crippen molar-refractivity contribution in [1.29, 1.82) is 0 Å². The van der Waals surface area contributed by atoms with Crippen molar-refractivity contribution >= 4 is 5.91 Å². The van der Waals surface area contributed by atoms with Crippen molar-refractivity contribution in [3.8, 4) is 0 Å². The molecule has 4 nitrogen and oxygen atoms in total. The second-order valence-electron chi connectivity index (χ2n) is 6.08. The summed E-state index contributed by atoms with van der Waals surface area (Å²) in [6, 6.07) is 9.68. The van der Waals surface area contributed by atoms with Crippen molar-refractivity contribution < 1.29 is 4.79 Å². The number of piperidine rings is 1. The van der Waals surface area contributed by atoms with E-state index in [-0.39, 0.29) is 11.9 Å². The summed E-state index contributed by atoms with van der Waals surface area (Å²) in [7, 11) is 0. The molecule has 4 N–H and O–H groups in total. The van der Waals surface area contributed by atoms with Crippen LogP contribution in [0.5, 0.6) is 0 Å². The summed E-state index contributed by atoms with van der Waals surface area (Å²) in [4.78, 5) is 14.6. The van der Waals surface area contributed by atoms with E-state index in [1.807, 2.05) is 42.2 Å². The van der Waals surface area contributed by atoms with Crippen molar-refractivity contribution in [1.82, 2.24) is 4.90 Å². The van der Waals surface area contributed by atoms with E-state index in [0.29, 0.717) is 5.92 Å². The molecule has 1 aromatic rings. The normalized spacial score (nSPS) is 24.0. The molecule has 1 aliphatic rings. The molecule has 0 radical (unpaired) electrons. The van der Waals surface area contributed by atoms with Gasteiger partial charge >= 0.3 is 0 Å². The van der Waals surface area contributed by atoms with Gasteiger partial charge in [-0.2, -0.15) is 0 Å². The van der Waals surface area contributed by atoms with Crippen LogP contribution >= 0.6 is 0 Å². The van der Waals surface area contributed by atoms with Crippen LogP contribution in [-0.4, -0.2) is 29.9 Å². The summed E-state index contributed by atoms with van der Waals surface area (Å²) in [6.45, 7) is 5.30. The molecule has 1 saturated heterocycles. The van der Waals surface area contributed by atoms with Gasteiger partial charge in [0.1, 0.15) is 5.54 Å². The highest BCUT2D eigenvalue weighted by Gasteiger charge is 2.36. The van der Waals surface area contributed by atoms with Gasteiger partial charge in [-0.1, -0.05) is 30.3 Å². The number of carbonyl (C=O) groups is 1. The number of nitrogens with two attached hydrogens (primary N) is 2. The van der Waals surface area contributed by atoms with Gasteiger partial charge in [0.25, 0.3) is 0 Å². The average molecular weight is 275 g/mol. The number of hydrogen-bond donors (Lipinski definition) is 2. The molecule has 2 rings (SSSR count). The lowest BCUT2D eigenvalue weighted by atomic mass is 9.88. The smallest absolute Gasteiger partial charge is 0.246 e. The maximum atomic E-state index is 12.7. The van der Waals surface area contributed by atoms with E-state index in [1.165, 1.54) is 0 Å². The summed E-state index contributed by atoms with van der Waals surface area (Å²) in [6.07, 6.45) is 2.09. The summed E-state index contributed by atoms with van der Waals surface area (Å²) < 4.78 is 0. The van der Waals surface area contributed by atoms with Crippen LogP contribution in [0.2, 0.25) is 0 Å². The third-order valence-corrected chi connectivity index (χ3v) is 4.31. The fraction of sp³-hybridized carbons (Fsp3) is 0.562. The first-order chi connectivity index (χ1) is 9.43. The first-order valence-electron chi connectivity index (χ1n) is 7.32. The second kappa shape index (κ2) is 5.94. The van der Waals surface area contributed by atoms with E-state index in [9.17, 15) is 4.79 Å². The second-order valence-corrected chi connectivity index (χ2v) is 6.08. The monoisotopic (exact) mass is 275 g/mol. The van der Waals surface area contributed by atoms with Gasteiger partial charge in [0.2, 0.25) is 5.91 Å². The van der Waals surface area contributed by atoms with Crippen LogP contribution in [-0.2, 0) is 10.3 Å². The topological polar surface area (TPSA) is 72.3 Å². The number of benzene rings is 1. The third-order valence-electron chi connectivity index (χ3n) is 4.31. The Bertz CT molecular complexity index is 456. The van der Waals surface area contributed by atoms with Crippen LogP contribution in [0, 0.1) is 5.92 Å². The van der Waals surface area contributed by atoms with Crippen molar-refractivity contribution in [2.45, 2.75) is 38.3 Å². The molecule has 1 amide bonds. The first-order valence-corrected chi connectivity index (χ1v) is 7.32. The van der Waals surface area contributed by atoms with Gasteiger partial charge in [-0.3, -0.25) is 4.79 Å². The molecule has 3 atom stereocenters. The summed E-state index contributed by atoms with van der Waals surface area (Å²) in [5, 5.41) is 0. The van der Waals surface area contributed by atoms with Crippen LogP contribution in [0.3, 0.4) is 0 Å². The predicted molar refractivity (Wildman–Crippen MR) is 80.9 cm³/mol. The largest absolute Gasteiger partial charge is 0.340 e. The molecule has 0 bridgehead atoms. The van der Waals surface area contributed by atoms with Gasteiger partial charge in [0, 0.05) is 19.1 Å². The fourth-order valence-corrected chi connectivity index (χ4v) is 2.86. The molecule has 0 spiro atoms. The third kappa shape index (κ3) is 3.02. The molecule has 0 saturated carbocycles. The molecule has 1 aliphatic heterocycles. The number of hydrogen-bond acceptors (Lipinski definition) is 3. The zero-order chi connectivity index (χ0) is 14.8. The van der Waals surface area contributed by atoms with Crippen molar-refractivity contribution in [3.05, 3.63) is 35.9 Å². The molecule has 1 fully saturated rings. The zero-order valence-corrected chi connectivity index (χ0v) is 12.4. The Morgan fingerprint density at radius 2 is 2.05 bits per heavy atom. The van der Waals surface area contributed by atoms with Gasteiger partial charge in [-0.05, 0) is 38.2 Å². The lowest BCUT2D eigenvalue weighted by Gasteiger charge is -2.38. The van der Waals surface area contributed by atoms with E-state index in [2.05, 4.69) is 0 Å². The lowest BCUT2D eigenvalue weighted by molar-refractivity contribution is -0.138. The molecule has 4 heteroatoms. The van der Waals surface area contributed by atoms with E-state index < -0.39 is 5.54 Å². The van der Waals surface area contributed by atoms with E-state index in [1.54, 1.807) is 6.92 Å². The highest BCUT2D eigenvalue weighted by atomic mass is 16.2. The van der Waals surface area contributed by atoms with E-state index >= 15 is 0 Å². The van der Waals surface area contributed by atoms with Crippen molar-refractivity contribution in [3.63, 3.8) is 0 Å². The maximum Gasteiger partial charge on any atom is 0.246 e. The number of amides is 1. The molecule has 0 aromatic heterocycles. The summed E-state index contributed by atoms with van der Waals surface area (Å²) in [5.74, 6) is 0.369. The Morgan fingerprint density at radius 1 is 1.40 bits per heavy atom. The Labute approximate surface area is 121 Å². The maximum absolute atomic E-state index is 12.7. The van der Waals surface area contributed by atoms with Crippen LogP contribution in [0.25, 0.3) is 0 Å².